The van der Waals surface area contributed by atoms with E-state index < -0.39 is 42.1 Å². The second-order valence-electron chi connectivity index (χ2n) is 7.02. The number of nitrogens with zero attached hydrogens (tertiary/aromatic N) is 3. The van der Waals surface area contributed by atoms with Crippen LogP contribution in [-0.2, 0) is 35.2 Å². The molecule has 7 N–H and O–H groups in total. The van der Waals surface area contributed by atoms with Crippen molar-refractivity contribution in [2.75, 3.05) is 32.7 Å². The van der Waals surface area contributed by atoms with Crippen molar-refractivity contribution in [3.05, 3.63) is 5.82 Å². The Balaban J connectivity index is 2.16. The number of hydrogen-bond acceptors (Lipinski definition) is 9. The second-order valence-corrected chi connectivity index (χ2v) is 7.02. The lowest BCUT2D eigenvalue weighted by Crippen LogP contribution is -2.50. The molecular formula is C18H30N10O6. The van der Waals surface area contributed by atoms with Crippen molar-refractivity contribution in [3.8, 4) is 0 Å². The SMILES string of the molecule is CCCNC(=O)CNC(=O)CNC(=O)C(C)NC(=O)CNC(=O)CNC(=O)CCc1nn[nH]n1. The van der Waals surface area contributed by atoms with E-state index in [1.54, 1.807) is 0 Å². The molecule has 0 spiro atoms. The van der Waals surface area contributed by atoms with Gasteiger partial charge in [-0.1, -0.05) is 12.1 Å². The Labute approximate surface area is 195 Å². The maximum absolute atomic E-state index is 12.0. The molecule has 0 aliphatic carbocycles. The normalized spacial score (nSPS) is 11.0. The van der Waals surface area contributed by atoms with Gasteiger partial charge in [-0.2, -0.15) is 5.21 Å². The van der Waals surface area contributed by atoms with Gasteiger partial charge in [-0.25, -0.2) is 0 Å². The van der Waals surface area contributed by atoms with Crippen LogP contribution in [0.2, 0.25) is 0 Å². The molecule has 1 unspecified atom stereocenters. The third-order valence-electron chi connectivity index (χ3n) is 4.07. The molecule has 0 saturated heterocycles. The van der Waals surface area contributed by atoms with Crippen molar-refractivity contribution in [2.45, 2.75) is 39.2 Å². The van der Waals surface area contributed by atoms with Crippen LogP contribution in [0.1, 0.15) is 32.5 Å². The van der Waals surface area contributed by atoms with E-state index in [4.69, 9.17) is 0 Å². The Morgan fingerprint density at radius 3 is 1.94 bits per heavy atom. The Kier molecular flexibility index (Phi) is 12.9. The van der Waals surface area contributed by atoms with Crippen LogP contribution in [0.4, 0.5) is 0 Å². The Bertz CT molecular complexity index is 844. The van der Waals surface area contributed by atoms with Crippen LogP contribution in [0.3, 0.4) is 0 Å². The Morgan fingerprint density at radius 2 is 1.35 bits per heavy atom. The molecule has 0 bridgehead atoms. The summed E-state index contributed by atoms with van der Waals surface area (Å²) in [7, 11) is 0. The topological polar surface area (TPSA) is 229 Å². The van der Waals surface area contributed by atoms with Gasteiger partial charge in [-0.3, -0.25) is 28.8 Å². The van der Waals surface area contributed by atoms with E-state index in [-0.39, 0.29) is 38.4 Å². The number of aromatic amines is 1. The molecule has 1 aromatic heterocycles. The third-order valence-corrected chi connectivity index (χ3v) is 4.07. The molecule has 0 aliphatic heterocycles. The monoisotopic (exact) mass is 482 g/mol. The summed E-state index contributed by atoms with van der Waals surface area (Å²) in [6.45, 7) is 2.46. The predicted octanol–water partition coefficient (Wildman–Crippen LogP) is -4.37. The van der Waals surface area contributed by atoms with Crippen molar-refractivity contribution >= 4 is 35.4 Å². The van der Waals surface area contributed by atoms with E-state index in [1.807, 2.05) is 6.92 Å². The van der Waals surface area contributed by atoms with Gasteiger partial charge in [0.25, 0.3) is 0 Å². The smallest absolute Gasteiger partial charge is 0.242 e. The number of hydrogen-bond donors (Lipinski definition) is 7. The van der Waals surface area contributed by atoms with Gasteiger partial charge < -0.3 is 31.9 Å². The minimum atomic E-state index is -0.977. The largest absolute Gasteiger partial charge is 0.355 e. The molecule has 1 atom stereocenters. The van der Waals surface area contributed by atoms with Gasteiger partial charge in [0.2, 0.25) is 35.4 Å². The van der Waals surface area contributed by atoms with Crippen molar-refractivity contribution in [1.82, 2.24) is 52.5 Å². The van der Waals surface area contributed by atoms with Gasteiger partial charge >= 0.3 is 0 Å². The molecule has 6 amide bonds. The standard InChI is InChI=1S/C18H30N10O6/c1-3-6-19-14(30)7-21-16(32)9-23-18(34)11(2)24-17(33)10-22-15(31)8-20-13(29)5-4-12-25-27-28-26-12/h11H,3-10H2,1-2H3,(H,19,30)(H,20,29)(H,21,32)(H,22,31)(H,23,34)(H,24,33)(H,25,26,27,28). The van der Waals surface area contributed by atoms with Gasteiger partial charge in [0.15, 0.2) is 5.82 Å². The number of rotatable bonds is 15. The number of nitrogens with one attached hydrogen (secondary N) is 7. The fraction of sp³-hybridized carbons (Fsp3) is 0.611. The van der Waals surface area contributed by atoms with Gasteiger partial charge in [0.05, 0.1) is 26.2 Å². The lowest BCUT2D eigenvalue weighted by Gasteiger charge is -2.14. The molecule has 0 aromatic carbocycles. The summed E-state index contributed by atoms with van der Waals surface area (Å²) >= 11 is 0. The average Bonchev–Trinajstić information content (AvgIpc) is 3.34. The van der Waals surface area contributed by atoms with Crippen molar-refractivity contribution in [2.24, 2.45) is 0 Å². The van der Waals surface area contributed by atoms with E-state index >= 15 is 0 Å². The maximum Gasteiger partial charge on any atom is 0.242 e. The van der Waals surface area contributed by atoms with E-state index in [9.17, 15) is 28.8 Å². The maximum atomic E-state index is 12.0. The van der Waals surface area contributed by atoms with Crippen molar-refractivity contribution in [3.63, 3.8) is 0 Å². The molecule has 16 nitrogen and oxygen atoms in total. The van der Waals surface area contributed by atoms with Gasteiger partial charge in [-0.05, 0) is 13.3 Å². The molecule has 0 aliphatic rings. The first kappa shape index (κ1) is 27.9. The van der Waals surface area contributed by atoms with E-state index in [0.29, 0.717) is 12.4 Å². The fourth-order valence-corrected chi connectivity index (χ4v) is 2.27. The first-order valence-corrected chi connectivity index (χ1v) is 10.6. The number of H-pyrrole nitrogens is 1. The van der Waals surface area contributed by atoms with Crippen LogP contribution in [0.25, 0.3) is 0 Å². The molecule has 16 heteroatoms. The highest BCUT2D eigenvalue weighted by molar-refractivity contribution is 5.93. The van der Waals surface area contributed by atoms with Crippen LogP contribution in [0, 0.1) is 0 Å². The molecule has 0 fully saturated rings. The Morgan fingerprint density at radius 1 is 0.794 bits per heavy atom. The summed E-state index contributed by atoms with van der Waals surface area (Å²) < 4.78 is 0. The Hall–Kier alpha value is -4.11. The number of carbonyl (C=O) groups is 6. The summed E-state index contributed by atoms with van der Waals surface area (Å²) in [5.41, 5.74) is 0. The van der Waals surface area contributed by atoms with Gasteiger partial charge in [0, 0.05) is 19.4 Å². The molecule has 0 saturated carbocycles. The molecule has 188 valence electrons. The molecule has 1 rings (SSSR count). The summed E-state index contributed by atoms with van der Waals surface area (Å²) in [5.74, 6) is -2.81. The predicted molar refractivity (Wildman–Crippen MR) is 115 cm³/mol. The summed E-state index contributed by atoms with van der Waals surface area (Å²) in [5, 5.41) is 27.3. The number of aryl methyl sites for hydroxylation is 1. The second kappa shape index (κ2) is 15.7. The van der Waals surface area contributed by atoms with Crippen LogP contribution < -0.4 is 31.9 Å². The van der Waals surface area contributed by atoms with Crippen LogP contribution >= 0.6 is 0 Å². The first-order chi connectivity index (χ1) is 16.2. The van der Waals surface area contributed by atoms with Gasteiger partial charge in [0.1, 0.15) is 6.04 Å². The van der Waals surface area contributed by atoms with Gasteiger partial charge in [-0.15, -0.1) is 10.2 Å². The summed E-state index contributed by atoms with van der Waals surface area (Å²) in [6, 6.07) is -0.977. The highest BCUT2D eigenvalue weighted by Gasteiger charge is 2.17. The number of tetrazole rings is 1. The lowest BCUT2D eigenvalue weighted by molar-refractivity contribution is -0.131. The molecule has 34 heavy (non-hydrogen) atoms. The highest BCUT2D eigenvalue weighted by Crippen LogP contribution is 1.91. The number of aromatic nitrogens is 4. The van der Waals surface area contributed by atoms with E-state index in [2.05, 4.69) is 52.5 Å². The van der Waals surface area contributed by atoms with Crippen molar-refractivity contribution in [1.29, 1.82) is 0 Å². The van der Waals surface area contributed by atoms with Crippen LogP contribution in [-0.4, -0.2) is 94.8 Å². The number of carbonyl (C=O) groups excluding carboxylic acids is 6. The zero-order valence-electron chi connectivity index (χ0n) is 19.0. The molecular weight excluding hydrogens is 452 g/mol. The average molecular weight is 483 g/mol. The van der Waals surface area contributed by atoms with E-state index in [0.717, 1.165) is 6.42 Å². The quantitative estimate of drug-likeness (QED) is 0.128. The number of amides is 6. The van der Waals surface area contributed by atoms with Crippen LogP contribution in [0.15, 0.2) is 0 Å². The van der Waals surface area contributed by atoms with E-state index in [1.165, 1.54) is 6.92 Å². The zero-order chi connectivity index (χ0) is 25.3. The third kappa shape index (κ3) is 12.7. The summed E-state index contributed by atoms with van der Waals surface area (Å²) in [4.78, 5) is 70.4. The van der Waals surface area contributed by atoms with Crippen molar-refractivity contribution < 1.29 is 28.8 Å². The highest BCUT2D eigenvalue weighted by atomic mass is 16.2. The fourth-order valence-electron chi connectivity index (χ4n) is 2.27. The molecule has 1 heterocycles. The minimum absolute atomic E-state index is 0.0595. The lowest BCUT2D eigenvalue weighted by atomic mass is 10.3. The minimum Gasteiger partial charge on any atom is -0.355 e. The summed E-state index contributed by atoms with van der Waals surface area (Å²) in [6.07, 6.45) is 1.08. The molecule has 0 radical (unpaired) electrons. The first-order valence-electron chi connectivity index (χ1n) is 10.6. The molecule has 1 aromatic rings. The zero-order valence-corrected chi connectivity index (χ0v) is 19.0. The van der Waals surface area contributed by atoms with Crippen LogP contribution in [0.5, 0.6) is 0 Å².